The number of hydrogen-bond acceptors (Lipinski definition) is 5. The maximum Gasteiger partial charge on any atom is 0.306 e. The minimum Gasteiger partial charge on any atom is -0.469 e. The summed E-state index contributed by atoms with van der Waals surface area (Å²) in [7, 11) is 2.92. The van der Waals surface area contributed by atoms with Gasteiger partial charge in [-0.25, -0.2) is 4.39 Å². The van der Waals surface area contributed by atoms with E-state index in [1.807, 2.05) is 11.0 Å². The van der Waals surface area contributed by atoms with Gasteiger partial charge in [-0.05, 0) is 12.1 Å². The number of ether oxygens (including phenoxy) is 2. The summed E-state index contributed by atoms with van der Waals surface area (Å²) < 4.78 is 23.5. The van der Waals surface area contributed by atoms with Crippen LogP contribution in [-0.4, -0.2) is 44.8 Å². The van der Waals surface area contributed by atoms with Gasteiger partial charge in [-0.2, -0.15) is 5.26 Å². The molecule has 0 N–H and O–H groups in total. The monoisotopic (exact) mass is 294 g/mol. The lowest BCUT2D eigenvalue weighted by molar-refractivity contribution is -0.141. The Hall–Kier alpha value is -1.97. The van der Waals surface area contributed by atoms with E-state index in [1.54, 1.807) is 19.2 Å². The number of esters is 1. The van der Waals surface area contributed by atoms with E-state index in [4.69, 9.17) is 10.00 Å². The molecule has 0 saturated heterocycles. The van der Waals surface area contributed by atoms with Crippen LogP contribution >= 0.6 is 0 Å². The number of carbonyl (C=O) groups is 1. The van der Waals surface area contributed by atoms with Gasteiger partial charge in [0.1, 0.15) is 5.82 Å². The molecule has 0 amide bonds. The smallest absolute Gasteiger partial charge is 0.306 e. The van der Waals surface area contributed by atoms with Gasteiger partial charge in [0.25, 0.3) is 0 Å². The van der Waals surface area contributed by atoms with Crippen molar-refractivity contribution in [1.82, 2.24) is 4.90 Å². The van der Waals surface area contributed by atoms with Gasteiger partial charge in [0.2, 0.25) is 0 Å². The van der Waals surface area contributed by atoms with E-state index in [1.165, 1.54) is 13.2 Å². The van der Waals surface area contributed by atoms with Crippen molar-refractivity contribution < 1.29 is 18.7 Å². The molecular weight excluding hydrogens is 275 g/mol. The third-order valence-electron chi connectivity index (χ3n) is 3.05. The molecule has 0 aliphatic heterocycles. The van der Waals surface area contributed by atoms with Crippen molar-refractivity contribution in [3.63, 3.8) is 0 Å². The topological polar surface area (TPSA) is 62.6 Å². The first-order valence-electron chi connectivity index (χ1n) is 6.57. The van der Waals surface area contributed by atoms with E-state index in [-0.39, 0.29) is 18.0 Å². The number of rotatable bonds is 8. The molecule has 114 valence electrons. The number of nitriles is 1. The first-order chi connectivity index (χ1) is 10.1. The highest BCUT2D eigenvalue weighted by atomic mass is 19.1. The Balaban J connectivity index is 2.71. The molecular formula is C15H19FN2O3. The molecule has 1 aromatic carbocycles. The average molecular weight is 294 g/mol. The molecule has 0 aliphatic carbocycles. The molecule has 0 atom stereocenters. The van der Waals surface area contributed by atoms with Crippen LogP contribution in [0.5, 0.6) is 0 Å². The minimum absolute atomic E-state index is 0.234. The molecule has 0 saturated carbocycles. The number of benzene rings is 1. The first-order valence-corrected chi connectivity index (χ1v) is 6.57. The van der Waals surface area contributed by atoms with Crippen LogP contribution in [0.15, 0.2) is 18.2 Å². The van der Waals surface area contributed by atoms with Crippen molar-refractivity contribution >= 4 is 5.97 Å². The van der Waals surface area contributed by atoms with E-state index < -0.39 is 5.82 Å². The Morgan fingerprint density at radius 2 is 2.14 bits per heavy atom. The molecule has 1 rings (SSSR count). The maximum atomic E-state index is 13.9. The lowest BCUT2D eigenvalue weighted by Crippen LogP contribution is -2.30. The van der Waals surface area contributed by atoms with Crippen LogP contribution in [0.1, 0.15) is 17.5 Å². The lowest BCUT2D eigenvalue weighted by Gasteiger charge is -2.21. The first kappa shape index (κ1) is 17.1. The predicted octanol–water partition coefficient (Wildman–Crippen LogP) is 1.71. The van der Waals surface area contributed by atoms with E-state index in [0.717, 1.165) is 0 Å². The van der Waals surface area contributed by atoms with Gasteiger partial charge in [-0.3, -0.25) is 9.69 Å². The highest BCUT2D eigenvalue weighted by Crippen LogP contribution is 2.13. The Morgan fingerprint density at radius 1 is 1.38 bits per heavy atom. The molecule has 0 heterocycles. The van der Waals surface area contributed by atoms with Gasteiger partial charge in [-0.15, -0.1) is 0 Å². The fraction of sp³-hybridized carbons (Fsp3) is 0.467. The van der Waals surface area contributed by atoms with Crippen LogP contribution in [0, 0.1) is 17.1 Å². The molecule has 0 spiro atoms. The number of methoxy groups -OCH3 is 2. The number of halogens is 1. The van der Waals surface area contributed by atoms with Crippen LogP contribution in [0.2, 0.25) is 0 Å². The van der Waals surface area contributed by atoms with Crippen LogP contribution < -0.4 is 0 Å². The zero-order valence-corrected chi connectivity index (χ0v) is 12.3. The zero-order valence-electron chi connectivity index (χ0n) is 12.3. The van der Waals surface area contributed by atoms with Crippen molar-refractivity contribution in [1.29, 1.82) is 5.26 Å². The lowest BCUT2D eigenvalue weighted by atomic mass is 10.1. The molecule has 6 heteroatoms. The Labute approximate surface area is 123 Å². The summed E-state index contributed by atoms with van der Waals surface area (Å²) >= 11 is 0. The van der Waals surface area contributed by atoms with Crippen molar-refractivity contribution in [2.75, 3.05) is 33.9 Å². The number of hydrogen-bond donors (Lipinski definition) is 0. The number of carbonyl (C=O) groups excluding carboxylic acids is 1. The molecule has 0 bridgehead atoms. The quantitative estimate of drug-likeness (QED) is 0.683. The van der Waals surface area contributed by atoms with Crippen molar-refractivity contribution in [2.24, 2.45) is 0 Å². The summed E-state index contributed by atoms with van der Waals surface area (Å²) in [5.74, 6) is -0.729. The fourth-order valence-electron chi connectivity index (χ4n) is 1.83. The van der Waals surface area contributed by atoms with Gasteiger partial charge in [0.05, 0.1) is 31.8 Å². The largest absolute Gasteiger partial charge is 0.469 e. The Kier molecular flexibility index (Phi) is 7.37. The number of nitrogens with zero attached hydrogens (tertiary/aromatic N) is 2. The molecule has 0 unspecified atom stereocenters. The molecule has 0 fully saturated rings. The standard InChI is InChI=1S/C15H19FN2O3/c1-20-8-7-18(6-5-15(19)21-2)11-13-4-3-12(10-17)9-14(13)16/h3-4,9H,5-8,11H2,1-2H3. The highest BCUT2D eigenvalue weighted by molar-refractivity contribution is 5.69. The normalized spacial score (nSPS) is 10.4. The van der Waals surface area contributed by atoms with Gasteiger partial charge in [0, 0.05) is 32.3 Å². The third kappa shape index (κ3) is 5.90. The summed E-state index contributed by atoms with van der Waals surface area (Å²) in [6.07, 6.45) is 0.234. The fourth-order valence-corrected chi connectivity index (χ4v) is 1.83. The summed E-state index contributed by atoms with van der Waals surface area (Å²) in [4.78, 5) is 13.1. The third-order valence-corrected chi connectivity index (χ3v) is 3.05. The predicted molar refractivity (Wildman–Crippen MR) is 74.9 cm³/mol. The Bertz CT molecular complexity index is 514. The highest BCUT2D eigenvalue weighted by Gasteiger charge is 2.12. The zero-order chi connectivity index (χ0) is 15.7. The van der Waals surface area contributed by atoms with Crippen LogP contribution in [-0.2, 0) is 20.8 Å². The van der Waals surface area contributed by atoms with Crippen molar-refractivity contribution in [2.45, 2.75) is 13.0 Å². The average Bonchev–Trinajstić information content (AvgIpc) is 2.50. The summed E-state index contributed by atoms with van der Waals surface area (Å²) in [5, 5.41) is 8.73. The molecule has 0 aromatic heterocycles. The van der Waals surface area contributed by atoms with Gasteiger partial charge in [-0.1, -0.05) is 6.07 Å². The molecule has 21 heavy (non-hydrogen) atoms. The maximum absolute atomic E-state index is 13.9. The Morgan fingerprint density at radius 3 is 2.71 bits per heavy atom. The summed E-state index contributed by atoms with van der Waals surface area (Å²) in [6, 6.07) is 6.27. The second kappa shape index (κ2) is 9.06. The van der Waals surface area contributed by atoms with Crippen LogP contribution in [0.4, 0.5) is 4.39 Å². The summed E-state index contributed by atoms with van der Waals surface area (Å²) in [6.45, 7) is 1.86. The van der Waals surface area contributed by atoms with Crippen molar-refractivity contribution in [3.8, 4) is 6.07 Å². The second-order valence-electron chi connectivity index (χ2n) is 4.51. The van der Waals surface area contributed by atoms with E-state index in [0.29, 0.717) is 31.8 Å². The van der Waals surface area contributed by atoms with E-state index in [9.17, 15) is 9.18 Å². The van der Waals surface area contributed by atoms with Crippen LogP contribution in [0.3, 0.4) is 0 Å². The molecule has 0 aliphatic rings. The van der Waals surface area contributed by atoms with E-state index >= 15 is 0 Å². The summed E-state index contributed by atoms with van der Waals surface area (Å²) in [5.41, 5.74) is 0.768. The second-order valence-corrected chi connectivity index (χ2v) is 4.51. The van der Waals surface area contributed by atoms with Gasteiger partial charge >= 0.3 is 5.97 Å². The van der Waals surface area contributed by atoms with Crippen LogP contribution in [0.25, 0.3) is 0 Å². The SMILES string of the molecule is COCCN(CCC(=O)OC)Cc1ccc(C#N)cc1F. The van der Waals surface area contributed by atoms with Gasteiger partial charge in [0.15, 0.2) is 0 Å². The molecule has 5 nitrogen and oxygen atoms in total. The van der Waals surface area contributed by atoms with E-state index in [2.05, 4.69) is 4.74 Å². The molecule has 1 aromatic rings. The van der Waals surface area contributed by atoms with Gasteiger partial charge < -0.3 is 9.47 Å². The minimum atomic E-state index is -0.422. The molecule has 0 radical (unpaired) electrons. The van der Waals surface area contributed by atoms with Crippen molar-refractivity contribution in [3.05, 3.63) is 35.1 Å².